The van der Waals surface area contributed by atoms with Crippen molar-refractivity contribution in [3.63, 3.8) is 0 Å². The Bertz CT molecular complexity index is 891. The van der Waals surface area contributed by atoms with Gasteiger partial charge in [-0.2, -0.15) is 0 Å². The number of halogens is 3. The first-order valence-corrected chi connectivity index (χ1v) is 9.86. The van der Waals surface area contributed by atoms with Gasteiger partial charge >= 0.3 is 0 Å². The average Bonchev–Trinajstić information content (AvgIpc) is 2.61. The predicted octanol–water partition coefficient (Wildman–Crippen LogP) is 7.19. The Kier molecular flexibility index (Phi) is 6.49. The lowest BCUT2D eigenvalue weighted by molar-refractivity contribution is 0.102. The molecule has 0 atom stereocenters. The largest absolute Gasteiger partial charge is 0.322 e. The summed E-state index contributed by atoms with van der Waals surface area (Å²) < 4.78 is 0. The first-order valence-electron chi connectivity index (χ1n) is 7.74. The number of anilines is 1. The number of hydrogen-bond acceptors (Lipinski definition) is 2. The zero-order valence-electron chi connectivity index (χ0n) is 13.5. The van der Waals surface area contributed by atoms with E-state index in [4.69, 9.17) is 34.8 Å². The SMILES string of the molecule is O=C(Nc1cc(Cl)cc(Cl)c1)c1ccc(CSc2ccc(Cl)cc2)cc1. The Balaban J connectivity index is 1.61. The van der Waals surface area contributed by atoms with E-state index in [0.29, 0.717) is 21.3 Å². The Labute approximate surface area is 171 Å². The van der Waals surface area contributed by atoms with Crippen molar-refractivity contribution < 1.29 is 4.79 Å². The van der Waals surface area contributed by atoms with Crippen molar-refractivity contribution in [1.82, 2.24) is 0 Å². The molecule has 2 nitrogen and oxygen atoms in total. The van der Waals surface area contributed by atoms with E-state index in [1.807, 2.05) is 36.4 Å². The Hall–Kier alpha value is -1.65. The van der Waals surface area contributed by atoms with Crippen LogP contribution in [0.4, 0.5) is 5.69 Å². The topological polar surface area (TPSA) is 29.1 Å². The van der Waals surface area contributed by atoms with Gasteiger partial charge in [0.2, 0.25) is 0 Å². The molecule has 0 spiro atoms. The molecular weight excluding hydrogens is 409 g/mol. The van der Waals surface area contributed by atoms with Crippen LogP contribution >= 0.6 is 46.6 Å². The van der Waals surface area contributed by atoms with Crippen molar-refractivity contribution in [3.05, 3.63) is 92.9 Å². The Morgan fingerprint density at radius 3 is 2.04 bits per heavy atom. The molecule has 3 aromatic carbocycles. The molecule has 0 fully saturated rings. The van der Waals surface area contributed by atoms with Crippen LogP contribution in [0.2, 0.25) is 15.1 Å². The Morgan fingerprint density at radius 2 is 1.42 bits per heavy atom. The number of carbonyl (C=O) groups is 1. The molecule has 3 rings (SSSR count). The highest BCUT2D eigenvalue weighted by Crippen LogP contribution is 2.25. The highest BCUT2D eigenvalue weighted by Gasteiger charge is 2.07. The highest BCUT2D eigenvalue weighted by molar-refractivity contribution is 7.98. The molecule has 6 heteroatoms. The molecule has 0 aliphatic rings. The lowest BCUT2D eigenvalue weighted by Crippen LogP contribution is -2.11. The lowest BCUT2D eigenvalue weighted by atomic mass is 10.1. The molecule has 0 saturated heterocycles. The van der Waals surface area contributed by atoms with Crippen molar-refractivity contribution in [3.8, 4) is 0 Å². The van der Waals surface area contributed by atoms with Gasteiger partial charge in [0.15, 0.2) is 0 Å². The van der Waals surface area contributed by atoms with Gasteiger partial charge in [-0.3, -0.25) is 4.79 Å². The third-order valence-corrected chi connectivity index (χ3v) is 5.33. The molecule has 3 aromatic rings. The second-order valence-electron chi connectivity index (χ2n) is 5.55. The van der Waals surface area contributed by atoms with Gasteiger partial charge in [0.25, 0.3) is 5.91 Å². The van der Waals surface area contributed by atoms with Crippen LogP contribution in [0.25, 0.3) is 0 Å². The van der Waals surface area contributed by atoms with E-state index in [2.05, 4.69) is 5.32 Å². The van der Waals surface area contributed by atoms with E-state index < -0.39 is 0 Å². The van der Waals surface area contributed by atoms with Crippen LogP contribution in [-0.4, -0.2) is 5.91 Å². The quantitative estimate of drug-likeness (QED) is 0.441. The fraction of sp³-hybridized carbons (Fsp3) is 0.0500. The predicted molar refractivity (Wildman–Crippen MR) is 112 cm³/mol. The van der Waals surface area contributed by atoms with Crippen molar-refractivity contribution in [2.24, 2.45) is 0 Å². The van der Waals surface area contributed by atoms with Gasteiger partial charge < -0.3 is 5.32 Å². The van der Waals surface area contributed by atoms with E-state index in [9.17, 15) is 4.79 Å². The van der Waals surface area contributed by atoms with Crippen LogP contribution in [0, 0.1) is 0 Å². The van der Waals surface area contributed by atoms with E-state index in [1.165, 1.54) is 0 Å². The molecule has 0 bridgehead atoms. The van der Waals surface area contributed by atoms with Crippen molar-refractivity contribution in [2.45, 2.75) is 10.6 Å². The lowest BCUT2D eigenvalue weighted by Gasteiger charge is -2.07. The molecule has 132 valence electrons. The van der Waals surface area contributed by atoms with Crippen LogP contribution in [-0.2, 0) is 5.75 Å². The van der Waals surface area contributed by atoms with Crippen LogP contribution in [0.3, 0.4) is 0 Å². The normalized spacial score (nSPS) is 10.6. The summed E-state index contributed by atoms with van der Waals surface area (Å²) in [5, 5.41) is 4.47. The van der Waals surface area contributed by atoms with Gasteiger partial charge in [0.05, 0.1) is 0 Å². The summed E-state index contributed by atoms with van der Waals surface area (Å²) in [5.41, 5.74) is 2.27. The van der Waals surface area contributed by atoms with E-state index in [-0.39, 0.29) is 5.91 Å². The summed E-state index contributed by atoms with van der Waals surface area (Å²) in [7, 11) is 0. The molecule has 1 N–H and O–H groups in total. The number of amides is 1. The first-order chi connectivity index (χ1) is 12.5. The highest BCUT2D eigenvalue weighted by atomic mass is 35.5. The van der Waals surface area contributed by atoms with Crippen LogP contribution in [0.15, 0.2) is 71.6 Å². The van der Waals surface area contributed by atoms with Gasteiger partial charge in [-0.1, -0.05) is 46.9 Å². The van der Waals surface area contributed by atoms with Crippen LogP contribution in [0.5, 0.6) is 0 Å². The molecule has 0 aliphatic heterocycles. The summed E-state index contributed by atoms with van der Waals surface area (Å²) in [6, 6.07) is 20.2. The van der Waals surface area contributed by atoms with Crippen molar-refractivity contribution in [2.75, 3.05) is 5.32 Å². The van der Waals surface area contributed by atoms with Gasteiger partial charge in [-0.05, 0) is 60.2 Å². The molecule has 1 amide bonds. The van der Waals surface area contributed by atoms with Gasteiger partial charge in [0, 0.05) is 37.0 Å². The van der Waals surface area contributed by atoms with E-state index in [1.54, 1.807) is 42.1 Å². The van der Waals surface area contributed by atoms with Gasteiger partial charge in [-0.15, -0.1) is 11.8 Å². The number of benzene rings is 3. The van der Waals surface area contributed by atoms with Crippen LogP contribution < -0.4 is 5.32 Å². The summed E-state index contributed by atoms with van der Waals surface area (Å²) in [6.45, 7) is 0. The second-order valence-corrected chi connectivity index (χ2v) is 7.91. The smallest absolute Gasteiger partial charge is 0.255 e. The van der Waals surface area contributed by atoms with E-state index >= 15 is 0 Å². The van der Waals surface area contributed by atoms with Crippen LogP contribution in [0.1, 0.15) is 15.9 Å². The number of nitrogens with one attached hydrogen (secondary N) is 1. The Morgan fingerprint density at radius 1 is 0.808 bits per heavy atom. The third kappa shape index (κ3) is 5.42. The minimum atomic E-state index is -0.208. The summed E-state index contributed by atoms with van der Waals surface area (Å²) >= 11 is 19.5. The molecule has 0 aromatic heterocycles. The molecule has 26 heavy (non-hydrogen) atoms. The van der Waals surface area contributed by atoms with Crippen molar-refractivity contribution in [1.29, 1.82) is 0 Å². The van der Waals surface area contributed by atoms with E-state index in [0.717, 1.165) is 21.2 Å². The zero-order chi connectivity index (χ0) is 18.5. The maximum atomic E-state index is 12.3. The summed E-state index contributed by atoms with van der Waals surface area (Å²) in [5.74, 6) is 0.605. The average molecular weight is 423 g/mol. The number of hydrogen-bond donors (Lipinski definition) is 1. The molecule has 0 saturated carbocycles. The number of carbonyl (C=O) groups excluding carboxylic acids is 1. The molecule has 0 unspecified atom stereocenters. The second kappa shape index (κ2) is 8.83. The first kappa shape index (κ1) is 19.1. The molecule has 0 heterocycles. The minimum Gasteiger partial charge on any atom is -0.322 e. The fourth-order valence-electron chi connectivity index (χ4n) is 2.28. The monoisotopic (exact) mass is 421 g/mol. The molecule has 0 aliphatic carbocycles. The fourth-order valence-corrected chi connectivity index (χ4v) is 3.79. The molecular formula is C20H14Cl3NOS. The zero-order valence-corrected chi connectivity index (χ0v) is 16.6. The number of thioether (sulfide) groups is 1. The third-order valence-electron chi connectivity index (χ3n) is 3.56. The summed E-state index contributed by atoms with van der Waals surface area (Å²) in [6.07, 6.45) is 0. The van der Waals surface area contributed by atoms with Gasteiger partial charge in [-0.25, -0.2) is 0 Å². The maximum absolute atomic E-state index is 12.3. The minimum absolute atomic E-state index is 0.208. The van der Waals surface area contributed by atoms with Gasteiger partial charge in [0.1, 0.15) is 0 Å². The maximum Gasteiger partial charge on any atom is 0.255 e. The standard InChI is InChI=1S/C20H14Cl3NOS/c21-15-5-7-19(8-6-15)26-12-13-1-3-14(4-2-13)20(25)24-18-10-16(22)9-17(23)11-18/h1-11H,12H2,(H,24,25). The molecule has 0 radical (unpaired) electrons. The van der Waals surface area contributed by atoms with Crippen molar-refractivity contribution >= 4 is 58.2 Å². The summed E-state index contributed by atoms with van der Waals surface area (Å²) in [4.78, 5) is 13.5. The number of rotatable bonds is 5.